The maximum Gasteiger partial charge on any atom is 0.408 e. The molecule has 2 atom stereocenters. The average molecular weight is 485 g/mol. The molecule has 2 bridgehead atoms. The van der Waals surface area contributed by atoms with E-state index in [4.69, 9.17) is 4.74 Å². The van der Waals surface area contributed by atoms with Crippen LogP contribution in [0.2, 0.25) is 0 Å². The third-order valence-electron chi connectivity index (χ3n) is 7.94. The van der Waals surface area contributed by atoms with E-state index in [1.165, 1.54) is 18.2 Å². The maximum absolute atomic E-state index is 15.6. The summed E-state index contributed by atoms with van der Waals surface area (Å²) in [5.74, 6) is -0.276. The van der Waals surface area contributed by atoms with Gasteiger partial charge in [-0.3, -0.25) is 4.90 Å². The quantitative estimate of drug-likeness (QED) is 0.556. The molecule has 0 saturated carbocycles. The zero-order chi connectivity index (χ0) is 25.1. The van der Waals surface area contributed by atoms with E-state index in [1.54, 1.807) is 17.0 Å². The van der Waals surface area contributed by atoms with E-state index >= 15 is 4.39 Å². The second-order valence-corrected chi connectivity index (χ2v) is 11.3. The normalized spacial score (nSPS) is 26.6. The molecule has 35 heavy (non-hydrogen) atoms. The first-order chi connectivity index (χ1) is 16.5. The van der Waals surface area contributed by atoms with Gasteiger partial charge in [-0.15, -0.1) is 0 Å². The molecule has 3 heterocycles. The molecular weight excluding hydrogens is 450 g/mol. The predicted molar refractivity (Wildman–Crippen MR) is 131 cm³/mol. The zero-order valence-corrected chi connectivity index (χ0v) is 20.9. The van der Waals surface area contributed by atoms with Crippen LogP contribution in [-0.4, -0.2) is 52.8 Å². The minimum atomic E-state index is -0.945. The molecule has 0 radical (unpaired) electrons. The number of ether oxygens (including phenoxy) is 1. The summed E-state index contributed by atoms with van der Waals surface area (Å²) in [7, 11) is 0. The molecule has 2 aromatic rings. The summed E-state index contributed by atoms with van der Waals surface area (Å²) in [5, 5.41) is 10.4. The van der Waals surface area contributed by atoms with Gasteiger partial charge in [0.1, 0.15) is 17.4 Å². The molecule has 2 aromatic carbocycles. The van der Waals surface area contributed by atoms with Crippen molar-refractivity contribution in [3.8, 4) is 16.9 Å². The van der Waals surface area contributed by atoms with E-state index in [0.717, 1.165) is 43.6 Å². The fourth-order valence-electron chi connectivity index (χ4n) is 6.55. The van der Waals surface area contributed by atoms with Gasteiger partial charge in [-0.05, 0) is 98.5 Å². The average Bonchev–Trinajstić information content (AvgIpc) is 3.02. The van der Waals surface area contributed by atoms with E-state index in [1.807, 2.05) is 13.8 Å². The monoisotopic (exact) mass is 484 g/mol. The lowest BCUT2D eigenvalue weighted by atomic mass is 9.79. The van der Waals surface area contributed by atoms with Crippen molar-refractivity contribution in [3.63, 3.8) is 0 Å². The molecule has 4 aliphatic rings. The van der Waals surface area contributed by atoms with Crippen molar-refractivity contribution in [3.05, 3.63) is 53.1 Å². The number of carboxylic acid groups (broad SMARTS) is 1. The Balaban J connectivity index is 1.55. The Hall–Kier alpha value is -2.67. The number of hydrogen-bond donors (Lipinski definition) is 1. The van der Waals surface area contributed by atoms with Gasteiger partial charge in [0.05, 0.1) is 18.2 Å². The van der Waals surface area contributed by atoms with Crippen LogP contribution in [0.15, 0.2) is 30.3 Å². The van der Waals surface area contributed by atoms with Gasteiger partial charge in [-0.2, -0.15) is 0 Å². The highest BCUT2D eigenvalue weighted by molar-refractivity contribution is 5.70. The largest absolute Gasteiger partial charge is 0.491 e. The van der Waals surface area contributed by atoms with Gasteiger partial charge in [0.25, 0.3) is 0 Å². The van der Waals surface area contributed by atoms with E-state index in [2.05, 4.69) is 18.7 Å². The van der Waals surface area contributed by atoms with E-state index in [9.17, 15) is 14.3 Å². The molecule has 6 rings (SSSR count). The summed E-state index contributed by atoms with van der Waals surface area (Å²) < 4.78 is 35.6. The summed E-state index contributed by atoms with van der Waals surface area (Å²) in [4.78, 5) is 16.6. The molecule has 3 fully saturated rings. The van der Waals surface area contributed by atoms with Crippen LogP contribution >= 0.6 is 0 Å². The number of halogens is 2. The zero-order valence-electron chi connectivity index (χ0n) is 20.9. The minimum Gasteiger partial charge on any atom is -0.491 e. The predicted octanol–water partition coefficient (Wildman–Crippen LogP) is 6.12. The number of fused-ring (bicyclic) bond motifs is 4. The second-order valence-electron chi connectivity index (χ2n) is 11.3. The van der Waals surface area contributed by atoms with Crippen LogP contribution in [0.4, 0.5) is 13.6 Å². The summed E-state index contributed by atoms with van der Waals surface area (Å²) in [5.41, 5.74) is 1.96. The Labute approximate surface area is 205 Å². The van der Waals surface area contributed by atoms with Crippen molar-refractivity contribution in [2.45, 2.75) is 65.1 Å². The van der Waals surface area contributed by atoms with Crippen molar-refractivity contribution in [1.29, 1.82) is 0 Å². The molecule has 188 valence electrons. The van der Waals surface area contributed by atoms with Gasteiger partial charge in [-0.1, -0.05) is 13.8 Å². The van der Waals surface area contributed by atoms with E-state index in [-0.39, 0.29) is 12.1 Å². The maximum atomic E-state index is 15.6. The van der Waals surface area contributed by atoms with Gasteiger partial charge in [0.15, 0.2) is 0 Å². The number of benzene rings is 2. The fraction of sp³-hybridized carbons (Fsp3) is 0.536. The highest BCUT2D eigenvalue weighted by Gasteiger charge is 2.50. The standard InChI is InChI=1S/C28H34F2N2O3/c1-16(2)35-21-10-18(9-20(29)12-21)22-11-19-14-28(3,4)26(23(19)13-24(22)30)32(27(33)34)25-15-31-7-5-17(25)6-8-31/h9-13,16-17,25-26H,5-8,14-15H2,1-4H3,(H,33,34)/t25-,26+/m1/s1. The Morgan fingerprint density at radius 1 is 1.14 bits per heavy atom. The molecule has 0 aromatic heterocycles. The smallest absolute Gasteiger partial charge is 0.408 e. The number of carbonyl (C=O) groups is 1. The van der Waals surface area contributed by atoms with E-state index < -0.39 is 29.2 Å². The Morgan fingerprint density at radius 2 is 1.86 bits per heavy atom. The molecule has 1 amide bonds. The van der Waals surface area contributed by atoms with Crippen molar-refractivity contribution in [2.24, 2.45) is 11.3 Å². The molecule has 1 aliphatic carbocycles. The first-order valence-corrected chi connectivity index (χ1v) is 12.6. The number of rotatable bonds is 5. The van der Waals surface area contributed by atoms with Gasteiger partial charge in [0, 0.05) is 18.2 Å². The Morgan fingerprint density at radius 3 is 2.46 bits per heavy atom. The summed E-state index contributed by atoms with van der Waals surface area (Å²) in [6.07, 6.45) is 1.55. The minimum absolute atomic E-state index is 0.0908. The molecular formula is C28H34F2N2O3. The molecule has 0 spiro atoms. The van der Waals surface area contributed by atoms with Crippen molar-refractivity contribution >= 4 is 6.09 Å². The van der Waals surface area contributed by atoms with Crippen molar-refractivity contribution < 1.29 is 23.4 Å². The first-order valence-electron chi connectivity index (χ1n) is 12.6. The van der Waals surface area contributed by atoms with Crippen LogP contribution in [0.25, 0.3) is 11.1 Å². The van der Waals surface area contributed by atoms with Crippen LogP contribution in [0, 0.1) is 23.0 Å². The van der Waals surface area contributed by atoms with Crippen molar-refractivity contribution in [1.82, 2.24) is 9.80 Å². The summed E-state index contributed by atoms with van der Waals surface area (Å²) >= 11 is 0. The lowest BCUT2D eigenvalue weighted by Crippen LogP contribution is -2.60. The first kappa shape index (κ1) is 24.0. The molecule has 1 N–H and O–H groups in total. The highest BCUT2D eigenvalue weighted by Crippen LogP contribution is 2.52. The van der Waals surface area contributed by atoms with Crippen LogP contribution in [0.1, 0.15) is 57.7 Å². The molecule has 7 heteroatoms. The number of piperidine rings is 3. The Bertz CT molecular complexity index is 1140. The Kier molecular flexibility index (Phi) is 6.02. The van der Waals surface area contributed by atoms with Crippen LogP contribution in [0.3, 0.4) is 0 Å². The van der Waals surface area contributed by atoms with Gasteiger partial charge in [-0.25, -0.2) is 13.6 Å². The topological polar surface area (TPSA) is 53.0 Å². The van der Waals surface area contributed by atoms with Gasteiger partial charge >= 0.3 is 6.09 Å². The molecule has 3 saturated heterocycles. The highest BCUT2D eigenvalue weighted by atomic mass is 19.1. The lowest BCUT2D eigenvalue weighted by Gasteiger charge is -2.51. The number of hydrogen-bond acceptors (Lipinski definition) is 3. The third kappa shape index (κ3) is 4.39. The number of nitrogens with zero attached hydrogens (tertiary/aromatic N) is 2. The summed E-state index contributed by atoms with van der Waals surface area (Å²) in [6, 6.07) is 7.00. The SMILES string of the molecule is CC(C)Oc1cc(F)cc(-c2cc3c(cc2F)[C@H](N(C(=O)O)[C@@H]2CN4CCC2CC4)C(C)(C)C3)c1. The number of amides is 1. The molecule has 3 aliphatic heterocycles. The van der Waals surface area contributed by atoms with Crippen molar-refractivity contribution in [2.75, 3.05) is 19.6 Å². The molecule has 0 unspecified atom stereocenters. The third-order valence-corrected chi connectivity index (χ3v) is 7.94. The lowest BCUT2D eigenvalue weighted by molar-refractivity contribution is -0.0267. The van der Waals surface area contributed by atoms with Crippen LogP contribution < -0.4 is 4.74 Å². The molecule has 5 nitrogen and oxygen atoms in total. The van der Waals surface area contributed by atoms with E-state index in [0.29, 0.717) is 29.2 Å². The van der Waals surface area contributed by atoms with Crippen LogP contribution in [-0.2, 0) is 6.42 Å². The summed E-state index contributed by atoms with van der Waals surface area (Å²) in [6.45, 7) is 10.6. The van der Waals surface area contributed by atoms with Crippen LogP contribution in [0.5, 0.6) is 5.75 Å². The second kappa shape index (κ2) is 8.77. The van der Waals surface area contributed by atoms with Gasteiger partial charge in [0.2, 0.25) is 0 Å². The van der Waals surface area contributed by atoms with Gasteiger partial charge < -0.3 is 14.7 Å². The fourth-order valence-corrected chi connectivity index (χ4v) is 6.55.